The molecule has 1 aromatic heterocycles. The molecule has 0 fully saturated rings. The van der Waals surface area contributed by atoms with E-state index < -0.39 is 24.0 Å². The standard InChI is InChI=1S/C20H16Cl2N2O5/c21-13-6-3-5-12(8-13)15-10-17(29-24-15)19(26)23-16(18(25)20(27)28)9-11-4-1-2-7-14(11)22/h1-8,10,16,18,25H,9H2,(H,23,26)(H,27,28)/t16-,18-/m1/s1. The second kappa shape index (κ2) is 9.09. The van der Waals surface area contributed by atoms with E-state index in [1.807, 2.05) is 0 Å². The molecule has 9 heteroatoms. The monoisotopic (exact) mass is 434 g/mol. The molecule has 3 N–H and O–H groups in total. The Morgan fingerprint density at radius 3 is 2.55 bits per heavy atom. The van der Waals surface area contributed by atoms with Gasteiger partial charge >= 0.3 is 5.97 Å². The lowest BCUT2D eigenvalue weighted by Crippen LogP contribution is -2.48. The number of aromatic nitrogens is 1. The number of nitrogens with zero attached hydrogens (tertiary/aromatic N) is 1. The minimum absolute atomic E-state index is 0.00810. The molecule has 2 aromatic carbocycles. The highest BCUT2D eigenvalue weighted by atomic mass is 35.5. The molecular formula is C20H16Cl2N2O5. The number of hydrogen-bond donors (Lipinski definition) is 3. The Hall–Kier alpha value is -2.87. The van der Waals surface area contributed by atoms with Crippen LogP contribution in [0.4, 0.5) is 0 Å². The summed E-state index contributed by atoms with van der Waals surface area (Å²) in [6.07, 6.45) is -1.83. The molecule has 0 unspecified atom stereocenters. The number of carbonyl (C=O) groups is 2. The van der Waals surface area contributed by atoms with Gasteiger partial charge in [-0.2, -0.15) is 0 Å². The molecule has 2 atom stereocenters. The highest BCUT2D eigenvalue weighted by molar-refractivity contribution is 6.31. The minimum atomic E-state index is -1.84. The van der Waals surface area contributed by atoms with Crippen LogP contribution >= 0.6 is 23.2 Å². The molecule has 7 nitrogen and oxygen atoms in total. The second-order valence-corrected chi connectivity index (χ2v) is 7.09. The highest BCUT2D eigenvalue weighted by Crippen LogP contribution is 2.23. The summed E-state index contributed by atoms with van der Waals surface area (Å²) < 4.78 is 5.08. The number of aliphatic carboxylic acids is 1. The molecule has 150 valence electrons. The van der Waals surface area contributed by atoms with Gasteiger partial charge in [-0.3, -0.25) is 4.79 Å². The van der Waals surface area contributed by atoms with E-state index in [9.17, 15) is 19.8 Å². The summed E-state index contributed by atoms with van der Waals surface area (Å²) in [4.78, 5) is 23.8. The quantitative estimate of drug-likeness (QED) is 0.524. The van der Waals surface area contributed by atoms with Gasteiger partial charge in [0.25, 0.3) is 5.91 Å². The van der Waals surface area contributed by atoms with Crippen LogP contribution in [-0.4, -0.2) is 39.4 Å². The molecule has 3 aromatic rings. The topological polar surface area (TPSA) is 113 Å². The van der Waals surface area contributed by atoms with Crippen LogP contribution in [0.2, 0.25) is 10.0 Å². The van der Waals surface area contributed by atoms with E-state index >= 15 is 0 Å². The molecule has 0 radical (unpaired) electrons. The van der Waals surface area contributed by atoms with Crippen molar-refractivity contribution in [3.63, 3.8) is 0 Å². The molecule has 0 saturated heterocycles. The van der Waals surface area contributed by atoms with Crippen LogP contribution in [0.1, 0.15) is 16.1 Å². The van der Waals surface area contributed by atoms with E-state index in [0.29, 0.717) is 26.9 Å². The lowest BCUT2D eigenvalue weighted by molar-refractivity contribution is -0.148. The van der Waals surface area contributed by atoms with Crippen molar-refractivity contribution >= 4 is 35.1 Å². The van der Waals surface area contributed by atoms with Crippen molar-refractivity contribution in [1.82, 2.24) is 10.5 Å². The Labute approximate surface area is 175 Å². The smallest absolute Gasteiger partial charge is 0.334 e. The zero-order valence-corrected chi connectivity index (χ0v) is 16.4. The van der Waals surface area contributed by atoms with Gasteiger partial charge in [0.05, 0.1) is 6.04 Å². The summed E-state index contributed by atoms with van der Waals surface area (Å²) in [6.45, 7) is 0. The Bertz CT molecular complexity index is 1040. The number of amides is 1. The number of rotatable bonds is 7. The van der Waals surface area contributed by atoms with Crippen molar-refractivity contribution in [1.29, 1.82) is 0 Å². The van der Waals surface area contributed by atoms with Crippen LogP contribution in [-0.2, 0) is 11.2 Å². The first-order chi connectivity index (χ1) is 13.8. The van der Waals surface area contributed by atoms with Crippen molar-refractivity contribution in [2.45, 2.75) is 18.6 Å². The third kappa shape index (κ3) is 5.14. The first-order valence-corrected chi connectivity index (χ1v) is 9.28. The number of nitrogens with one attached hydrogen (secondary N) is 1. The zero-order chi connectivity index (χ0) is 21.0. The van der Waals surface area contributed by atoms with Crippen LogP contribution in [0.25, 0.3) is 11.3 Å². The van der Waals surface area contributed by atoms with Gasteiger partial charge in [-0.25, -0.2) is 4.79 Å². The molecule has 0 aliphatic rings. The maximum Gasteiger partial charge on any atom is 0.334 e. The second-order valence-electron chi connectivity index (χ2n) is 6.25. The fourth-order valence-electron chi connectivity index (χ4n) is 2.72. The van der Waals surface area contributed by atoms with Gasteiger partial charge in [0.15, 0.2) is 6.10 Å². The lowest BCUT2D eigenvalue weighted by Gasteiger charge is -2.21. The van der Waals surface area contributed by atoms with Crippen molar-refractivity contribution in [3.05, 3.63) is 76.0 Å². The number of carboxylic acid groups (broad SMARTS) is 1. The third-order valence-corrected chi connectivity index (χ3v) is 4.81. The predicted molar refractivity (Wildman–Crippen MR) is 107 cm³/mol. The fraction of sp³-hybridized carbons (Fsp3) is 0.150. The normalized spacial score (nSPS) is 12.9. The van der Waals surface area contributed by atoms with Crippen molar-refractivity contribution in [3.8, 4) is 11.3 Å². The molecule has 0 saturated carbocycles. The summed E-state index contributed by atoms with van der Waals surface area (Å²) in [5, 5.41) is 26.4. The highest BCUT2D eigenvalue weighted by Gasteiger charge is 2.29. The van der Waals surface area contributed by atoms with Gasteiger partial charge in [-0.1, -0.05) is 58.7 Å². The number of aliphatic hydroxyl groups excluding tert-OH is 1. The number of carbonyl (C=O) groups excluding carboxylic acids is 1. The molecule has 0 bridgehead atoms. The number of hydrogen-bond acceptors (Lipinski definition) is 5. The van der Waals surface area contributed by atoms with Crippen LogP contribution in [0.3, 0.4) is 0 Å². The molecule has 0 aliphatic heterocycles. The van der Waals surface area contributed by atoms with E-state index in [4.69, 9.17) is 27.7 Å². The zero-order valence-electron chi connectivity index (χ0n) is 14.9. The van der Waals surface area contributed by atoms with E-state index in [2.05, 4.69) is 10.5 Å². The third-order valence-electron chi connectivity index (χ3n) is 4.20. The number of halogens is 2. The van der Waals surface area contributed by atoms with E-state index in [-0.39, 0.29) is 12.2 Å². The molecular weight excluding hydrogens is 419 g/mol. The van der Waals surface area contributed by atoms with Crippen molar-refractivity contribution < 1.29 is 24.3 Å². The SMILES string of the molecule is O=C(N[C@H](Cc1ccccc1Cl)[C@@H](O)C(=O)O)c1cc(-c2cccc(Cl)c2)no1. The van der Waals surface area contributed by atoms with Gasteiger partial charge in [-0.05, 0) is 30.2 Å². The molecule has 29 heavy (non-hydrogen) atoms. The van der Waals surface area contributed by atoms with Gasteiger partial charge in [0.1, 0.15) is 5.69 Å². The van der Waals surface area contributed by atoms with E-state index in [0.717, 1.165) is 0 Å². The molecule has 1 amide bonds. The number of carboxylic acids is 1. The Morgan fingerprint density at radius 1 is 1.10 bits per heavy atom. The summed E-state index contributed by atoms with van der Waals surface area (Å²) >= 11 is 12.1. The summed E-state index contributed by atoms with van der Waals surface area (Å²) in [7, 11) is 0. The number of benzene rings is 2. The van der Waals surface area contributed by atoms with Crippen LogP contribution < -0.4 is 5.32 Å². The van der Waals surface area contributed by atoms with E-state index in [1.165, 1.54) is 6.07 Å². The summed E-state index contributed by atoms with van der Waals surface area (Å²) in [5.74, 6) is -2.33. The van der Waals surface area contributed by atoms with Crippen LogP contribution in [0.5, 0.6) is 0 Å². The molecule has 0 aliphatic carbocycles. The summed E-state index contributed by atoms with van der Waals surface area (Å²) in [6, 6.07) is 13.9. The largest absolute Gasteiger partial charge is 0.479 e. The fourth-order valence-corrected chi connectivity index (χ4v) is 3.12. The molecule has 0 spiro atoms. The van der Waals surface area contributed by atoms with Crippen LogP contribution in [0, 0.1) is 0 Å². The van der Waals surface area contributed by atoms with Crippen LogP contribution in [0.15, 0.2) is 59.1 Å². The first-order valence-electron chi connectivity index (χ1n) is 8.53. The van der Waals surface area contributed by atoms with Gasteiger partial charge in [0, 0.05) is 21.7 Å². The number of aliphatic hydroxyl groups is 1. The Kier molecular flexibility index (Phi) is 6.53. The van der Waals surface area contributed by atoms with Crippen molar-refractivity contribution in [2.24, 2.45) is 0 Å². The maximum absolute atomic E-state index is 12.6. The van der Waals surface area contributed by atoms with Gasteiger partial charge in [-0.15, -0.1) is 0 Å². The summed E-state index contributed by atoms with van der Waals surface area (Å²) in [5.41, 5.74) is 1.62. The average Bonchev–Trinajstić information content (AvgIpc) is 3.19. The maximum atomic E-state index is 12.6. The Morgan fingerprint density at radius 2 is 1.86 bits per heavy atom. The molecule has 1 heterocycles. The van der Waals surface area contributed by atoms with Gasteiger partial charge in [0.2, 0.25) is 5.76 Å². The molecule has 3 rings (SSSR count). The van der Waals surface area contributed by atoms with E-state index in [1.54, 1.807) is 48.5 Å². The average molecular weight is 435 g/mol. The Balaban J connectivity index is 1.79. The predicted octanol–water partition coefficient (Wildman–Crippen LogP) is 3.44. The lowest BCUT2D eigenvalue weighted by atomic mass is 10.0. The van der Waals surface area contributed by atoms with Crippen molar-refractivity contribution in [2.75, 3.05) is 0 Å². The van der Waals surface area contributed by atoms with Gasteiger partial charge < -0.3 is 20.1 Å². The minimum Gasteiger partial charge on any atom is -0.479 e. The first kappa shape index (κ1) is 20.9.